The van der Waals surface area contributed by atoms with Gasteiger partial charge in [0.25, 0.3) is 0 Å². The van der Waals surface area contributed by atoms with Crippen molar-refractivity contribution in [3.05, 3.63) is 103 Å². The topological polar surface area (TPSA) is 67.5 Å². The molecule has 0 saturated heterocycles. The molecule has 7 rings (SSSR count). The number of carbonyl (C=O) groups is 1. The third kappa shape index (κ3) is 6.61. The summed E-state index contributed by atoms with van der Waals surface area (Å²) in [6.07, 6.45) is 6.60. The molecule has 4 aromatic carbocycles. The molecule has 49 heavy (non-hydrogen) atoms. The average molecular weight is 829 g/mol. The molecule has 1 N–H and O–H groups in total. The summed E-state index contributed by atoms with van der Waals surface area (Å²) in [6, 6.07) is 29.6. The summed E-state index contributed by atoms with van der Waals surface area (Å²) in [7, 11) is 0. The summed E-state index contributed by atoms with van der Waals surface area (Å²) < 4.78 is 2.30. The molecule has 5 nitrogen and oxygen atoms in total. The van der Waals surface area contributed by atoms with Gasteiger partial charge in [0, 0.05) is 65.3 Å². The van der Waals surface area contributed by atoms with Crippen LogP contribution in [0.15, 0.2) is 91.0 Å². The monoisotopic (exact) mass is 829 g/mol. The number of aromatic nitrogens is 3. The van der Waals surface area contributed by atoms with Gasteiger partial charge >= 0.3 is 0 Å². The van der Waals surface area contributed by atoms with E-state index in [2.05, 4.69) is 104 Å². The van der Waals surface area contributed by atoms with E-state index < -0.39 is 0 Å². The Morgan fingerprint density at radius 2 is 1.43 bits per heavy atom. The van der Waals surface area contributed by atoms with Crippen molar-refractivity contribution in [1.82, 2.24) is 14.4 Å². The molecule has 0 aliphatic rings. The maximum atomic E-state index is 11.7. The number of carbonyl (C=O) groups excluding carboxylic acids is 1. The van der Waals surface area contributed by atoms with E-state index in [0.29, 0.717) is 0 Å². The van der Waals surface area contributed by atoms with Crippen molar-refractivity contribution in [1.29, 1.82) is 0 Å². The first kappa shape index (κ1) is 36.2. The first-order chi connectivity index (χ1) is 23.1. The number of rotatable bonds is 8. The maximum absolute atomic E-state index is 11.7. The van der Waals surface area contributed by atoms with Crippen molar-refractivity contribution in [2.24, 2.45) is 11.8 Å². The number of ketones is 1. The van der Waals surface area contributed by atoms with Gasteiger partial charge in [0.05, 0.1) is 16.8 Å². The number of aliphatic hydroxyl groups is 1. The molecule has 0 saturated carbocycles. The van der Waals surface area contributed by atoms with Crippen molar-refractivity contribution in [3.8, 4) is 11.3 Å². The van der Waals surface area contributed by atoms with Crippen LogP contribution in [-0.2, 0) is 30.3 Å². The molecule has 0 atom stereocenters. The zero-order valence-corrected chi connectivity index (χ0v) is 32.0. The molecule has 0 aliphatic heterocycles. The summed E-state index contributed by atoms with van der Waals surface area (Å²) in [4.78, 5) is 21.3. The van der Waals surface area contributed by atoms with Gasteiger partial charge in [-0.15, -0.1) is 29.1 Å². The second-order valence-corrected chi connectivity index (χ2v) is 13.9. The SMILES string of the molecule is CC(C)(C)c1cc(-c2ncnc3c2c2cccc4c5ccccc5n3c42)[c-]c2ccccc12.CCC(CC)C(=O)/C=C(\O)C(CC)CC.[Ir]. The summed E-state index contributed by atoms with van der Waals surface area (Å²) in [6.45, 7) is 14.9. The summed E-state index contributed by atoms with van der Waals surface area (Å²) in [5, 5.41) is 16.9. The van der Waals surface area contributed by atoms with Gasteiger partial charge in [0.1, 0.15) is 12.0 Å². The number of allylic oxidation sites excluding steroid dienone is 2. The number of aliphatic hydroxyl groups excluding tert-OH is 1. The Hall–Kier alpha value is -4.12. The molecule has 0 aliphatic carbocycles. The van der Waals surface area contributed by atoms with Gasteiger partial charge in [-0.3, -0.25) is 14.2 Å². The minimum Gasteiger partial charge on any atom is -0.512 e. The molecule has 0 fully saturated rings. The maximum Gasteiger partial charge on any atom is 0.162 e. The number of hydrogen-bond donors (Lipinski definition) is 1. The van der Waals surface area contributed by atoms with Crippen LogP contribution in [0.25, 0.3) is 60.3 Å². The van der Waals surface area contributed by atoms with Gasteiger partial charge in [-0.05, 0) is 37.2 Å². The number of benzene rings is 4. The molecule has 3 heterocycles. The van der Waals surface area contributed by atoms with Crippen molar-refractivity contribution in [2.45, 2.75) is 79.6 Å². The predicted molar refractivity (Wildman–Crippen MR) is 201 cm³/mol. The van der Waals surface area contributed by atoms with Crippen molar-refractivity contribution in [3.63, 3.8) is 0 Å². The quantitative estimate of drug-likeness (QED) is 0.0941. The van der Waals surface area contributed by atoms with Crippen LogP contribution in [0.5, 0.6) is 0 Å². The molecular formula is C43H46IrN3O2-. The van der Waals surface area contributed by atoms with Crippen molar-refractivity contribution < 1.29 is 30.0 Å². The van der Waals surface area contributed by atoms with Gasteiger partial charge in [-0.2, -0.15) is 0 Å². The molecule has 0 spiro atoms. The predicted octanol–water partition coefficient (Wildman–Crippen LogP) is 11.4. The number of nitrogens with zero attached hydrogens (tertiary/aromatic N) is 3. The van der Waals surface area contributed by atoms with E-state index in [4.69, 9.17) is 9.97 Å². The van der Waals surface area contributed by atoms with E-state index in [1.807, 2.05) is 27.7 Å². The standard InChI is InChI=1S/C30H22N3.C13H24O2.Ir/c1-30(2,3)24-16-19(15-18-9-4-5-10-20(18)24)27-26-23-13-8-12-22-21-11-6-7-14-25(21)33(28(22)23)29(26)32-17-31-27;1-5-10(6-2)12(14)9-13(15)11(7-3)8-4;/h4-14,16-17H,1-3H3;9-11,14H,5-8H2,1-4H3;/q-1;;/b;12-9-;. The minimum atomic E-state index is 0. The second-order valence-electron chi connectivity index (χ2n) is 13.9. The van der Waals surface area contributed by atoms with Crippen molar-refractivity contribution >= 4 is 54.8 Å². The molecule has 3 aromatic heterocycles. The van der Waals surface area contributed by atoms with E-state index >= 15 is 0 Å². The first-order valence-electron chi connectivity index (χ1n) is 17.4. The number of hydrogen-bond acceptors (Lipinski definition) is 4. The van der Waals surface area contributed by atoms with Gasteiger partial charge in [-0.1, -0.05) is 114 Å². The molecule has 255 valence electrons. The van der Waals surface area contributed by atoms with Crippen LogP contribution in [0.1, 0.15) is 79.7 Å². The normalized spacial score (nSPS) is 12.4. The average Bonchev–Trinajstić information content (AvgIpc) is 3.61. The molecule has 7 aromatic rings. The minimum absolute atomic E-state index is 0. The zero-order chi connectivity index (χ0) is 34.2. The van der Waals surface area contributed by atoms with Crippen LogP contribution in [0.4, 0.5) is 0 Å². The van der Waals surface area contributed by atoms with Crippen molar-refractivity contribution in [2.75, 3.05) is 0 Å². The molecule has 0 bridgehead atoms. The van der Waals surface area contributed by atoms with Crippen LogP contribution in [0.2, 0.25) is 0 Å². The van der Waals surface area contributed by atoms with Crippen LogP contribution in [0, 0.1) is 17.9 Å². The first-order valence-corrected chi connectivity index (χ1v) is 17.4. The summed E-state index contributed by atoms with van der Waals surface area (Å²) >= 11 is 0. The number of fused-ring (bicyclic) bond motifs is 7. The largest absolute Gasteiger partial charge is 0.512 e. The Bertz CT molecular complexity index is 2270. The fourth-order valence-electron chi connectivity index (χ4n) is 7.20. The molecule has 0 unspecified atom stereocenters. The van der Waals surface area contributed by atoms with Crippen LogP contribution < -0.4 is 0 Å². The van der Waals surface area contributed by atoms with E-state index in [1.165, 1.54) is 44.2 Å². The summed E-state index contributed by atoms with van der Waals surface area (Å²) in [5.41, 5.74) is 6.61. The number of para-hydroxylation sites is 2. The van der Waals surface area contributed by atoms with Gasteiger partial charge < -0.3 is 5.11 Å². The van der Waals surface area contributed by atoms with E-state index in [1.54, 1.807) is 6.33 Å². The van der Waals surface area contributed by atoms with Crippen LogP contribution in [0.3, 0.4) is 0 Å². The Morgan fingerprint density at radius 3 is 2.10 bits per heavy atom. The van der Waals surface area contributed by atoms with Gasteiger partial charge in [-0.25, -0.2) is 4.98 Å². The Labute approximate surface area is 303 Å². The van der Waals surface area contributed by atoms with Gasteiger partial charge in [0.2, 0.25) is 0 Å². The molecule has 1 radical (unpaired) electrons. The Morgan fingerprint density at radius 1 is 0.816 bits per heavy atom. The Balaban J connectivity index is 0.000000252. The van der Waals surface area contributed by atoms with Crippen LogP contribution in [-0.4, -0.2) is 25.3 Å². The molecule has 6 heteroatoms. The molecule has 0 amide bonds. The van der Waals surface area contributed by atoms with Gasteiger partial charge in [0.15, 0.2) is 5.78 Å². The third-order valence-electron chi connectivity index (χ3n) is 9.92. The van der Waals surface area contributed by atoms with E-state index in [-0.39, 0.29) is 48.9 Å². The third-order valence-corrected chi connectivity index (χ3v) is 9.92. The molecular weight excluding hydrogens is 783 g/mol. The smallest absolute Gasteiger partial charge is 0.162 e. The van der Waals surface area contributed by atoms with E-state index in [9.17, 15) is 9.90 Å². The zero-order valence-electron chi connectivity index (χ0n) is 29.6. The van der Waals surface area contributed by atoms with E-state index in [0.717, 1.165) is 53.4 Å². The van der Waals surface area contributed by atoms with Crippen LogP contribution >= 0.6 is 0 Å². The Kier molecular flexibility index (Phi) is 10.9. The second kappa shape index (κ2) is 14.8. The summed E-state index contributed by atoms with van der Waals surface area (Å²) in [5.74, 6) is 0.547. The fraction of sp³-hybridized carbons (Fsp3) is 0.326. The fourth-order valence-corrected chi connectivity index (χ4v) is 7.20.